The first-order valence-electron chi connectivity index (χ1n) is 10.0. The van der Waals surface area contributed by atoms with Gasteiger partial charge in [-0.3, -0.25) is 4.79 Å². The molecule has 1 aromatic carbocycles. The van der Waals surface area contributed by atoms with E-state index in [1.165, 1.54) is 5.56 Å². The number of carbonyl (C=O) groups is 1. The van der Waals surface area contributed by atoms with Crippen LogP contribution in [0.15, 0.2) is 30.3 Å². The molecule has 4 N–H and O–H groups in total. The number of nitrogens with one attached hydrogen (secondary N) is 2. The van der Waals surface area contributed by atoms with Crippen LogP contribution in [0.2, 0.25) is 0 Å². The first-order chi connectivity index (χ1) is 12.6. The number of hydrogen-bond donors (Lipinski definition) is 3. The molecule has 1 amide bonds. The van der Waals surface area contributed by atoms with E-state index in [2.05, 4.69) is 41.8 Å². The number of ether oxygens (including phenoxy) is 1. The van der Waals surface area contributed by atoms with Gasteiger partial charge in [-0.15, -0.1) is 0 Å². The van der Waals surface area contributed by atoms with Crippen LogP contribution in [0, 0.1) is 11.8 Å². The van der Waals surface area contributed by atoms with E-state index in [0.717, 1.165) is 45.3 Å². The summed E-state index contributed by atoms with van der Waals surface area (Å²) in [6.45, 7) is 4.93. The molecule has 0 aromatic heterocycles. The lowest BCUT2D eigenvalue weighted by atomic mass is 9.87. The van der Waals surface area contributed by atoms with Crippen molar-refractivity contribution in [1.82, 2.24) is 10.6 Å². The lowest BCUT2D eigenvalue weighted by Gasteiger charge is -2.41. The molecule has 0 bridgehead atoms. The molecule has 5 nitrogen and oxygen atoms in total. The molecular weight excluding hydrogens is 326 g/mol. The Balaban J connectivity index is 1.63. The SMILES string of the molecule is CC(NC1(CNC(=O)[C@@H]2CCC[C@@H]2CN)CCOCC1)c1ccccc1. The Labute approximate surface area is 157 Å². The average molecular weight is 360 g/mol. The molecule has 26 heavy (non-hydrogen) atoms. The zero-order chi connectivity index (χ0) is 18.4. The van der Waals surface area contributed by atoms with Crippen molar-refractivity contribution in [2.75, 3.05) is 26.3 Å². The molecule has 3 rings (SSSR count). The Morgan fingerprint density at radius 2 is 2.00 bits per heavy atom. The predicted octanol–water partition coefficient (Wildman–Crippen LogP) is 2.38. The highest BCUT2D eigenvalue weighted by molar-refractivity contribution is 5.79. The van der Waals surface area contributed by atoms with Crippen LogP contribution in [0.4, 0.5) is 0 Å². The molecule has 1 aliphatic heterocycles. The molecule has 0 spiro atoms. The second-order valence-corrected chi connectivity index (χ2v) is 7.92. The fraction of sp³-hybridized carbons (Fsp3) is 0.667. The molecule has 1 unspecified atom stereocenters. The third-order valence-electron chi connectivity index (χ3n) is 6.17. The quantitative estimate of drug-likeness (QED) is 0.699. The van der Waals surface area contributed by atoms with Gasteiger partial charge in [0.15, 0.2) is 0 Å². The van der Waals surface area contributed by atoms with Crippen molar-refractivity contribution in [2.24, 2.45) is 17.6 Å². The topological polar surface area (TPSA) is 76.4 Å². The van der Waals surface area contributed by atoms with E-state index in [4.69, 9.17) is 10.5 Å². The highest BCUT2D eigenvalue weighted by Gasteiger charge is 2.37. The number of hydrogen-bond acceptors (Lipinski definition) is 4. The summed E-state index contributed by atoms with van der Waals surface area (Å²) < 4.78 is 5.58. The van der Waals surface area contributed by atoms with Crippen LogP contribution < -0.4 is 16.4 Å². The summed E-state index contributed by atoms with van der Waals surface area (Å²) >= 11 is 0. The molecular formula is C21H33N3O2. The molecule has 0 radical (unpaired) electrons. The summed E-state index contributed by atoms with van der Waals surface area (Å²) in [4.78, 5) is 12.7. The zero-order valence-electron chi connectivity index (χ0n) is 15.9. The lowest BCUT2D eigenvalue weighted by molar-refractivity contribution is -0.126. The molecule has 1 aromatic rings. The van der Waals surface area contributed by atoms with Crippen LogP contribution in [0.25, 0.3) is 0 Å². The smallest absolute Gasteiger partial charge is 0.223 e. The van der Waals surface area contributed by atoms with Gasteiger partial charge in [-0.25, -0.2) is 0 Å². The minimum Gasteiger partial charge on any atom is -0.381 e. The minimum absolute atomic E-state index is 0.0865. The van der Waals surface area contributed by atoms with E-state index >= 15 is 0 Å². The Hall–Kier alpha value is -1.43. The minimum atomic E-state index is -0.111. The third kappa shape index (κ3) is 4.64. The van der Waals surface area contributed by atoms with Crippen molar-refractivity contribution in [3.63, 3.8) is 0 Å². The largest absolute Gasteiger partial charge is 0.381 e. The van der Waals surface area contributed by atoms with Crippen LogP contribution in [0.5, 0.6) is 0 Å². The van der Waals surface area contributed by atoms with Crippen LogP contribution >= 0.6 is 0 Å². The maximum Gasteiger partial charge on any atom is 0.223 e. The highest BCUT2D eigenvalue weighted by atomic mass is 16.5. The molecule has 2 aliphatic rings. The van der Waals surface area contributed by atoms with Gasteiger partial charge in [0.2, 0.25) is 5.91 Å². The van der Waals surface area contributed by atoms with Crippen molar-refractivity contribution in [3.05, 3.63) is 35.9 Å². The van der Waals surface area contributed by atoms with Crippen molar-refractivity contribution in [3.8, 4) is 0 Å². The molecule has 1 saturated heterocycles. The van der Waals surface area contributed by atoms with Crippen molar-refractivity contribution >= 4 is 5.91 Å². The fourth-order valence-corrected chi connectivity index (χ4v) is 4.47. The van der Waals surface area contributed by atoms with Gasteiger partial charge in [0.1, 0.15) is 0 Å². The summed E-state index contributed by atoms with van der Waals surface area (Å²) in [5.41, 5.74) is 7.00. The fourth-order valence-electron chi connectivity index (χ4n) is 4.47. The molecule has 1 heterocycles. The zero-order valence-corrected chi connectivity index (χ0v) is 15.9. The van der Waals surface area contributed by atoms with E-state index in [0.29, 0.717) is 19.0 Å². The van der Waals surface area contributed by atoms with Crippen molar-refractivity contribution < 1.29 is 9.53 Å². The standard InChI is InChI=1S/C21H33N3O2/c1-16(17-6-3-2-4-7-17)24-21(10-12-26-13-11-21)15-23-20(25)19-9-5-8-18(19)14-22/h2-4,6-7,16,18-19,24H,5,8-15,22H2,1H3,(H,23,25)/t16?,18-,19-/m1/s1. The van der Waals surface area contributed by atoms with Crippen molar-refractivity contribution in [1.29, 1.82) is 0 Å². The Morgan fingerprint density at radius 3 is 2.69 bits per heavy atom. The molecule has 1 saturated carbocycles. The van der Waals surface area contributed by atoms with Crippen LogP contribution in [-0.4, -0.2) is 37.7 Å². The Bertz CT molecular complexity index is 572. The predicted molar refractivity (Wildman–Crippen MR) is 104 cm³/mol. The Morgan fingerprint density at radius 1 is 1.27 bits per heavy atom. The molecule has 2 fully saturated rings. The Kier molecular flexibility index (Phi) is 6.68. The molecule has 5 heteroatoms. The van der Waals surface area contributed by atoms with Gasteiger partial charge < -0.3 is 21.1 Å². The second-order valence-electron chi connectivity index (χ2n) is 7.92. The van der Waals surface area contributed by atoms with Crippen LogP contribution in [0.1, 0.15) is 50.6 Å². The lowest BCUT2D eigenvalue weighted by Crippen LogP contribution is -2.57. The average Bonchev–Trinajstić information content (AvgIpc) is 3.16. The van der Waals surface area contributed by atoms with Gasteiger partial charge in [-0.2, -0.15) is 0 Å². The number of nitrogens with two attached hydrogens (primary N) is 1. The van der Waals surface area contributed by atoms with Gasteiger partial charge in [-0.05, 0) is 50.6 Å². The van der Waals surface area contributed by atoms with Crippen LogP contribution in [0.3, 0.4) is 0 Å². The maximum atomic E-state index is 12.7. The van der Waals surface area contributed by atoms with Gasteiger partial charge in [-0.1, -0.05) is 36.8 Å². The molecule has 1 aliphatic carbocycles. The monoisotopic (exact) mass is 359 g/mol. The molecule has 144 valence electrons. The number of carbonyl (C=O) groups excluding carboxylic acids is 1. The normalized spacial score (nSPS) is 26.4. The molecule has 3 atom stereocenters. The maximum absolute atomic E-state index is 12.7. The van der Waals surface area contributed by atoms with E-state index in [1.807, 2.05) is 6.07 Å². The third-order valence-corrected chi connectivity index (χ3v) is 6.17. The van der Waals surface area contributed by atoms with E-state index in [-0.39, 0.29) is 23.4 Å². The van der Waals surface area contributed by atoms with E-state index in [9.17, 15) is 4.79 Å². The van der Waals surface area contributed by atoms with Crippen molar-refractivity contribution in [2.45, 2.75) is 50.6 Å². The summed E-state index contributed by atoms with van der Waals surface area (Å²) in [5.74, 6) is 0.609. The summed E-state index contributed by atoms with van der Waals surface area (Å²) in [6, 6.07) is 10.7. The number of benzene rings is 1. The second kappa shape index (κ2) is 8.98. The van der Waals surface area contributed by atoms with E-state index < -0.39 is 0 Å². The summed E-state index contributed by atoms with van der Waals surface area (Å²) in [6.07, 6.45) is 4.99. The van der Waals surface area contributed by atoms with Crippen LogP contribution in [-0.2, 0) is 9.53 Å². The first-order valence-corrected chi connectivity index (χ1v) is 10.0. The number of rotatable bonds is 7. The number of amides is 1. The van der Waals surface area contributed by atoms with Gasteiger partial charge >= 0.3 is 0 Å². The van der Waals surface area contributed by atoms with E-state index in [1.54, 1.807) is 0 Å². The summed E-state index contributed by atoms with van der Waals surface area (Å²) in [5, 5.41) is 7.04. The first kappa shape index (κ1) is 19.3. The van der Waals surface area contributed by atoms with Gasteiger partial charge in [0, 0.05) is 37.3 Å². The summed E-state index contributed by atoms with van der Waals surface area (Å²) in [7, 11) is 0. The van der Waals surface area contributed by atoms with Gasteiger partial charge in [0.05, 0.1) is 0 Å². The highest BCUT2D eigenvalue weighted by Crippen LogP contribution is 2.31. The van der Waals surface area contributed by atoms with Gasteiger partial charge in [0.25, 0.3) is 0 Å².